The van der Waals surface area contributed by atoms with Crippen LogP contribution in [0.15, 0.2) is 64.0 Å². The van der Waals surface area contributed by atoms with Gasteiger partial charge in [-0.15, -0.1) is 0 Å². The van der Waals surface area contributed by atoms with Crippen molar-refractivity contribution < 1.29 is 17.6 Å². The minimum atomic E-state index is -3.55. The van der Waals surface area contributed by atoms with E-state index in [9.17, 15) is 17.6 Å². The Morgan fingerprint density at radius 1 is 1.04 bits per heavy atom. The van der Waals surface area contributed by atoms with Crippen LogP contribution in [0.1, 0.15) is 5.56 Å². The lowest BCUT2D eigenvalue weighted by molar-refractivity contribution is -0.127. The van der Waals surface area contributed by atoms with Crippen LogP contribution in [0, 0.1) is 5.82 Å². The lowest BCUT2D eigenvalue weighted by atomic mass is 10.2. The third-order valence-corrected chi connectivity index (χ3v) is 6.71. The molecule has 0 atom stereocenters. The Morgan fingerprint density at radius 3 is 2.33 bits per heavy atom. The van der Waals surface area contributed by atoms with Crippen LogP contribution in [-0.2, 0) is 14.8 Å². The van der Waals surface area contributed by atoms with Crippen LogP contribution < -0.4 is 0 Å². The number of sulfonamides is 1. The maximum atomic E-state index is 13.8. The van der Waals surface area contributed by atoms with Crippen LogP contribution in [0.4, 0.5) is 4.39 Å². The zero-order valence-corrected chi connectivity index (χ0v) is 16.8. The van der Waals surface area contributed by atoms with Crippen molar-refractivity contribution in [2.45, 2.75) is 4.90 Å². The summed E-state index contributed by atoms with van der Waals surface area (Å²) >= 11 is 3.18. The van der Waals surface area contributed by atoms with Gasteiger partial charge in [0.2, 0.25) is 15.9 Å². The van der Waals surface area contributed by atoms with Gasteiger partial charge in [0.15, 0.2) is 0 Å². The van der Waals surface area contributed by atoms with Gasteiger partial charge in [0.25, 0.3) is 0 Å². The fraction of sp³-hybridized carbons (Fsp3) is 0.211. The summed E-state index contributed by atoms with van der Waals surface area (Å²) in [5, 5.41) is 0. The van der Waals surface area contributed by atoms with Crippen molar-refractivity contribution >= 4 is 37.9 Å². The van der Waals surface area contributed by atoms with Crippen molar-refractivity contribution in [1.82, 2.24) is 9.21 Å². The summed E-state index contributed by atoms with van der Waals surface area (Å²) in [7, 11) is -3.55. The molecular weight excluding hydrogens is 435 g/mol. The standard InChI is InChI=1S/C19H18BrFN2O3S/c20-16-8-6-15(18(21)14-16)7-9-19(24)22-10-12-23(13-11-22)27(25,26)17-4-2-1-3-5-17/h1-9,14H,10-13H2/b9-7+. The number of rotatable bonds is 4. The summed E-state index contributed by atoms with van der Waals surface area (Å²) in [6.07, 6.45) is 2.74. The van der Waals surface area contributed by atoms with E-state index in [1.54, 1.807) is 47.4 Å². The quantitative estimate of drug-likeness (QED) is 0.669. The van der Waals surface area contributed by atoms with E-state index in [1.165, 1.54) is 22.5 Å². The molecule has 1 aliphatic rings. The molecule has 0 N–H and O–H groups in total. The Bertz CT molecular complexity index is 956. The Morgan fingerprint density at radius 2 is 1.70 bits per heavy atom. The highest BCUT2D eigenvalue weighted by Gasteiger charge is 2.29. The van der Waals surface area contributed by atoms with Crippen molar-refractivity contribution in [2.24, 2.45) is 0 Å². The minimum absolute atomic E-state index is 0.226. The molecule has 0 radical (unpaired) electrons. The van der Waals surface area contributed by atoms with Crippen LogP contribution in [0.3, 0.4) is 0 Å². The van der Waals surface area contributed by atoms with E-state index >= 15 is 0 Å². The smallest absolute Gasteiger partial charge is 0.246 e. The Labute approximate surface area is 166 Å². The first-order chi connectivity index (χ1) is 12.9. The molecule has 1 amide bonds. The highest BCUT2D eigenvalue weighted by molar-refractivity contribution is 9.10. The number of piperazine rings is 1. The van der Waals surface area contributed by atoms with E-state index < -0.39 is 15.8 Å². The van der Waals surface area contributed by atoms with Crippen LogP contribution in [-0.4, -0.2) is 49.7 Å². The first-order valence-electron chi connectivity index (χ1n) is 8.35. The SMILES string of the molecule is O=C(/C=C/c1ccc(Br)cc1F)N1CCN(S(=O)(=O)c2ccccc2)CC1. The third-order valence-electron chi connectivity index (χ3n) is 4.30. The maximum Gasteiger partial charge on any atom is 0.246 e. The van der Waals surface area contributed by atoms with Crippen LogP contribution >= 0.6 is 15.9 Å². The molecular formula is C19H18BrFN2O3S. The summed E-state index contributed by atoms with van der Waals surface area (Å²) in [5.74, 6) is -0.693. The van der Waals surface area contributed by atoms with Crippen molar-refractivity contribution in [3.05, 3.63) is 70.5 Å². The summed E-state index contributed by atoms with van der Waals surface area (Å²) in [6, 6.07) is 12.8. The molecule has 2 aromatic rings. The Balaban J connectivity index is 1.62. The van der Waals surface area contributed by atoms with Gasteiger partial charge in [-0.05, 0) is 30.3 Å². The fourth-order valence-electron chi connectivity index (χ4n) is 2.79. The van der Waals surface area contributed by atoms with Gasteiger partial charge in [-0.2, -0.15) is 4.31 Å². The first-order valence-corrected chi connectivity index (χ1v) is 10.6. The fourth-order valence-corrected chi connectivity index (χ4v) is 4.57. The molecule has 1 saturated heterocycles. The van der Waals surface area contributed by atoms with Crippen molar-refractivity contribution in [3.8, 4) is 0 Å². The molecule has 1 fully saturated rings. The van der Waals surface area contributed by atoms with Gasteiger partial charge in [-0.1, -0.05) is 40.2 Å². The van der Waals surface area contributed by atoms with Crippen molar-refractivity contribution in [2.75, 3.05) is 26.2 Å². The molecule has 0 saturated carbocycles. The minimum Gasteiger partial charge on any atom is -0.337 e. The molecule has 0 aliphatic carbocycles. The van der Waals surface area contributed by atoms with Gasteiger partial charge in [-0.3, -0.25) is 4.79 Å². The van der Waals surface area contributed by atoms with Gasteiger partial charge in [0, 0.05) is 42.3 Å². The molecule has 0 unspecified atom stereocenters. The van der Waals surface area contributed by atoms with Crippen LogP contribution in [0.5, 0.6) is 0 Å². The van der Waals surface area contributed by atoms with E-state index in [0.29, 0.717) is 10.0 Å². The largest absolute Gasteiger partial charge is 0.337 e. The number of amides is 1. The molecule has 8 heteroatoms. The lowest BCUT2D eigenvalue weighted by Gasteiger charge is -2.33. The lowest BCUT2D eigenvalue weighted by Crippen LogP contribution is -2.50. The molecule has 5 nitrogen and oxygen atoms in total. The average molecular weight is 453 g/mol. The average Bonchev–Trinajstić information content (AvgIpc) is 2.68. The summed E-state index contributed by atoms with van der Waals surface area (Å²) in [5.41, 5.74) is 0.317. The number of carbonyl (C=O) groups is 1. The number of halogens is 2. The van der Waals surface area contributed by atoms with E-state index in [2.05, 4.69) is 15.9 Å². The van der Waals surface area contributed by atoms with Gasteiger partial charge >= 0.3 is 0 Å². The van der Waals surface area contributed by atoms with E-state index in [4.69, 9.17) is 0 Å². The Kier molecular flexibility index (Phi) is 6.08. The number of hydrogen-bond acceptors (Lipinski definition) is 3. The molecule has 27 heavy (non-hydrogen) atoms. The molecule has 0 bridgehead atoms. The molecule has 0 spiro atoms. The number of carbonyl (C=O) groups excluding carboxylic acids is 1. The predicted molar refractivity (Wildman–Crippen MR) is 105 cm³/mol. The number of hydrogen-bond donors (Lipinski definition) is 0. The van der Waals surface area contributed by atoms with Crippen molar-refractivity contribution in [3.63, 3.8) is 0 Å². The molecule has 1 aliphatic heterocycles. The highest BCUT2D eigenvalue weighted by Crippen LogP contribution is 2.18. The highest BCUT2D eigenvalue weighted by atomic mass is 79.9. The topological polar surface area (TPSA) is 57.7 Å². The zero-order chi connectivity index (χ0) is 19.4. The number of nitrogens with zero attached hydrogens (tertiary/aromatic N) is 2. The second-order valence-electron chi connectivity index (χ2n) is 6.04. The Hall–Kier alpha value is -2.03. The van der Waals surface area contributed by atoms with Crippen molar-refractivity contribution in [1.29, 1.82) is 0 Å². The normalized spacial score (nSPS) is 16.0. The molecule has 3 rings (SSSR count). The van der Waals surface area contributed by atoms with Gasteiger partial charge in [0.1, 0.15) is 5.82 Å². The molecule has 142 valence electrons. The maximum absolute atomic E-state index is 13.8. The van der Waals surface area contributed by atoms with Gasteiger partial charge in [-0.25, -0.2) is 12.8 Å². The van der Waals surface area contributed by atoms with E-state index in [-0.39, 0.29) is 37.0 Å². The zero-order valence-electron chi connectivity index (χ0n) is 14.4. The summed E-state index contributed by atoms with van der Waals surface area (Å²) in [6.45, 7) is 1.03. The second kappa shape index (κ2) is 8.33. The molecule has 2 aromatic carbocycles. The first kappa shape index (κ1) is 19.7. The third kappa shape index (κ3) is 4.63. The van der Waals surface area contributed by atoms with Crippen LogP contribution in [0.25, 0.3) is 6.08 Å². The second-order valence-corrected chi connectivity index (χ2v) is 8.90. The molecule has 0 aromatic heterocycles. The van der Waals surface area contributed by atoms with E-state index in [0.717, 1.165) is 0 Å². The predicted octanol–water partition coefficient (Wildman–Crippen LogP) is 3.13. The monoisotopic (exact) mass is 452 g/mol. The number of benzene rings is 2. The summed E-state index contributed by atoms with van der Waals surface area (Å²) in [4.78, 5) is 14.1. The van der Waals surface area contributed by atoms with Gasteiger partial charge < -0.3 is 4.90 Å². The molecule has 1 heterocycles. The van der Waals surface area contributed by atoms with Gasteiger partial charge in [0.05, 0.1) is 4.90 Å². The summed E-state index contributed by atoms with van der Waals surface area (Å²) < 4.78 is 41.0. The van der Waals surface area contributed by atoms with Crippen LogP contribution in [0.2, 0.25) is 0 Å². The van der Waals surface area contributed by atoms with E-state index in [1.807, 2.05) is 0 Å².